The molecule has 2 aromatic rings. The van der Waals surface area contributed by atoms with Crippen LogP contribution in [0.1, 0.15) is 83.8 Å². The van der Waals surface area contributed by atoms with E-state index in [-0.39, 0.29) is 77.6 Å². The van der Waals surface area contributed by atoms with Gasteiger partial charge < -0.3 is 18.9 Å². The van der Waals surface area contributed by atoms with Gasteiger partial charge in [-0.3, -0.25) is 14.4 Å². The number of carboxylic acid groups (broad SMARTS) is 1. The fraction of sp³-hybridized carbons (Fsp3) is 0.432. The van der Waals surface area contributed by atoms with Gasteiger partial charge >= 0.3 is 16.1 Å². The first-order chi connectivity index (χ1) is 22.1. The molecule has 1 heterocycles. The maximum absolute atomic E-state index is 14.2. The number of Topliss-reactive ketones (excluding diaryl/α,β-unsaturated/α-hetero) is 2. The number of rotatable bonds is 11. The number of carbonyl (C=O) groups is 3. The number of aliphatic carboxylic acids is 1. The molecule has 47 heavy (non-hydrogen) atoms. The molecular weight excluding hydrogens is 618 g/mol. The summed E-state index contributed by atoms with van der Waals surface area (Å²) in [5.74, 6) is -1.70. The Morgan fingerprint density at radius 2 is 1.55 bits per heavy atom. The minimum atomic E-state index is -4.23. The summed E-state index contributed by atoms with van der Waals surface area (Å²) >= 11 is 0. The first kappa shape index (κ1) is 34.2. The van der Waals surface area contributed by atoms with E-state index in [0.717, 1.165) is 11.4 Å². The van der Waals surface area contributed by atoms with Crippen molar-refractivity contribution < 1.29 is 36.8 Å². The monoisotopic (exact) mass is 661 g/mol. The van der Waals surface area contributed by atoms with Crippen molar-refractivity contribution in [1.82, 2.24) is 4.90 Å². The van der Waals surface area contributed by atoms with Gasteiger partial charge in [-0.1, -0.05) is 58.0 Å². The summed E-state index contributed by atoms with van der Waals surface area (Å²) in [5, 5.41) is 9.65. The van der Waals surface area contributed by atoms with Gasteiger partial charge in [-0.2, -0.15) is 8.42 Å². The predicted molar refractivity (Wildman–Crippen MR) is 178 cm³/mol. The molecule has 2 aliphatic carbocycles. The molecule has 1 aliphatic heterocycles. The molecule has 0 bridgehead atoms. The van der Waals surface area contributed by atoms with Gasteiger partial charge in [0, 0.05) is 53.4 Å². The molecule has 0 fully saturated rings. The summed E-state index contributed by atoms with van der Waals surface area (Å²) in [7, 11) is -4.23. The van der Waals surface area contributed by atoms with Crippen molar-refractivity contribution in [3.63, 3.8) is 0 Å². The molecule has 5 rings (SSSR count). The highest BCUT2D eigenvalue weighted by Gasteiger charge is 2.49. The van der Waals surface area contributed by atoms with Gasteiger partial charge in [-0.05, 0) is 60.8 Å². The third-order valence-electron chi connectivity index (χ3n) is 8.95. The number of nitrogens with zero attached hydrogens (tertiary/aromatic N) is 1. The van der Waals surface area contributed by atoms with Crippen LogP contribution in [0.3, 0.4) is 0 Å². The van der Waals surface area contributed by atoms with E-state index >= 15 is 0 Å². The minimum Gasteiger partial charge on any atom is -0.490 e. The van der Waals surface area contributed by atoms with Crippen molar-refractivity contribution in [2.75, 3.05) is 13.2 Å². The second-order valence-corrected chi connectivity index (χ2v) is 15.7. The lowest BCUT2D eigenvalue weighted by Gasteiger charge is -2.49. The first-order valence-corrected chi connectivity index (χ1v) is 17.4. The van der Waals surface area contributed by atoms with Gasteiger partial charge in [-0.15, -0.1) is 6.58 Å². The van der Waals surface area contributed by atoms with Crippen molar-refractivity contribution in [2.45, 2.75) is 84.0 Å². The molecular formula is C37H43NO8S. The van der Waals surface area contributed by atoms with Crippen LogP contribution in [0.25, 0.3) is 0 Å². The first-order valence-electron chi connectivity index (χ1n) is 16.0. The van der Waals surface area contributed by atoms with Crippen molar-refractivity contribution in [3.8, 4) is 11.5 Å². The summed E-state index contributed by atoms with van der Waals surface area (Å²) in [6.45, 7) is 14.1. The van der Waals surface area contributed by atoms with Gasteiger partial charge in [0.05, 0.1) is 13.0 Å². The molecule has 0 saturated carbocycles. The van der Waals surface area contributed by atoms with Crippen LogP contribution < -0.4 is 8.92 Å². The van der Waals surface area contributed by atoms with E-state index in [2.05, 4.69) is 6.58 Å². The topological polar surface area (TPSA) is 127 Å². The molecule has 0 saturated heterocycles. The molecule has 250 valence electrons. The van der Waals surface area contributed by atoms with Crippen LogP contribution in [0.4, 0.5) is 0 Å². The van der Waals surface area contributed by atoms with Crippen molar-refractivity contribution in [1.29, 1.82) is 0 Å². The van der Waals surface area contributed by atoms with E-state index in [1.807, 2.05) is 32.6 Å². The van der Waals surface area contributed by atoms with E-state index in [4.69, 9.17) is 8.92 Å². The molecule has 2 aromatic carbocycles. The largest absolute Gasteiger partial charge is 0.490 e. The molecule has 0 unspecified atom stereocenters. The molecule has 0 spiro atoms. The molecule has 0 atom stereocenters. The zero-order valence-electron chi connectivity index (χ0n) is 27.7. The maximum Gasteiger partial charge on any atom is 0.339 e. The van der Waals surface area contributed by atoms with Crippen LogP contribution in [-0.2, 0) is 30.9 Å². The van der Waals surface area contributed by atoms with E-state index in [1.165, 1.54) is 12.1 Å². The second-order valence-electron chi connectivity index (χ2n) is 14.1. The number of ether oxygens (including phenoxy) is 1. The summed E-state index contributed by atoms with van der Waals surface area (Å²) in [6, 6.07) is 11.3. The van der Waals surface area contributed by atoms with Gasteiger partial charge in [-0.25, -0.2) is 0 Å². The Morgan fingerprint density at radius 1 is 0.979 bits per heavy atom. The predicted octanol–water partition coefficient (Wildman–Crippen LogP) is 6.74. The summed E-state index contributed by atoms with van der Waals surface area (Å²) in [4.78, 5) is 42.0. The highest BCUT2D eigenvalue weighted by molar-refractivity contribution is 7.87. The number of carboxylic acids is 1. The third-order valence-corrected chi connectivity index (χ3v) is 10.2. The van der Waals surface area contributed by atoms with Gasteiger partial charge in [0.2, 0.25) is 0 Å². The van der Waals surface area contributed by atoms with E-state index in [0.29, 0.717) is 35.1 Å². The van der Waals surface area contributed by atoms with E-state index in [1.54, 1.807) is 43.3 Å². The Morgan fingerprint density at radius 3 is 2.06 bits per heavy atom. The summed E-state index contributed by atoms with van der Waals surface area (Å²) in [5.41, 5.74) is 2.80. The van der Waals surface area contributed by atoms with Crippen LogP contribution in [0.5, 0.6) is 11.5 Å². The number of ketones is 2. The molecule has 0 amide bonds. The quantitative estimate of drug-likeness (QED) is 0.206. The van der Waals surface area contributed by atoms with Crippen molar-refractivity contribution >= 4 is 27.7 Å². The number of carbonyl (C=O) groups excluding carboxylic acids is 2. The fourth-order valence-electron chi connectivity index (χ4n) is 7.12. The molecule has 0 radical (unpaired) electrons. The van der Waals surface area contributed by atoms with Crippen LogP contribution in [0, 0.1) is 10.8 Å². The zero-order valence-corrected chi connectivity index (χ0v) is 28.5. The lowest BCUT2D eigenvalue weighted by atomic mass is 9.63. The Kier molecular flexibility index (Phi) is 9.29. The van der Waals surface area contributed by atoms with E-state index in [9.17, 15) is 27.9 Å². The third kappa shape index (κ3) is 6.93. The van der Waals surface area contributed by atoms with Crippen LogP contribution in [0.2, 0.25) is 0 Å². The van der Waals surface area contributed by atoms with E-state index < -0.39 is 22.0 Å². The second kappa shape index (κ2) is 12.8. The zero-order chi connectivity index (χ0) is 34.3. The average molecular weight is 662 g/mol. The molecule has 1 N–H and O–H groups in total. The SMILES string of the molecule is C=CCc1cc(C2C3=C(CC(C)(C)CC3=O)N(CCC(=O)O)C3=C2C(=O)CC(C)(C)C3)cc(OCC)c1OS(=O)(=O)c1ccccc1. The lowest BCUT2D eigenvalue weighted by molar-refractivity contribution is -0.137. The molecule has 3 aliphatic rings. The Labute approximate surface area is 277 Å². The van der Waals surface area contributed by atoms with Crippen LogP contribution in [-0.4, -0.2) is 49.1 Å². The van der Waals surface area contributed by atoms with Crippen molar-refractivity contribution in [3.05, 3.63) is 88.8 Å². The lowest BCUT2D eigenvalue weighted by Crippen LogP contribution is -2.45. The standard InChI is InChI=1S/C37H43NO8S/c1-7-12-23-17-24(18-30(45-8-2)35(23)46-47(43,44)25-13-10-9-11-14-25)32-33-26(19-36(3,4)21-28(33)39)38(16-15-31(41)42)27-20-37(5,6)22-29(40)34(27)32/h7,9-11,13-14,17-18,32H,1,8,12,15-16,19-22H2,2-6H3,(H,41,42). The maximum atomic E-state index is 14.2. The number of benzene rings is 2. The van der Waals surface area contributed by atoms with Gasteiger partial charge in [0.1, 0.15) is 4.90 Å². The summed E-state index contributed by atoms with van der Waals surface area (Å²) in [6.07, 6.45) is 3.31. The molecule has 10 heteroatoms. The molecule has 9 nitrogen and oxygen atoms in total. The highest BCUT2D eigenvalue weighted by Crippen LogP contribution is 2.55. The van der Waals surface area contributed by atoms with Gasteiger partial charge in [0.25, 0.3) is 0 Å². The summed E-state index contributed by atoms with van der Waals surface area (Å²) < 4.78 is 38.5. The highest BCUT2D eigenvalue weighted by atomic mass is 32.2. The van der Waals surface area contributed by atoms with Gasteiger partial charge in [0.15, 0.2) is 23.1 Å². The number of allylic oxidation sites excluding steroid dienone is 5. The van der Waals surface area contributed by atoms with Crippen LogP contribution in [0.15, 0.2) is 82.6 Å². The number of hydrogen-bond acceptors (Lipinski definition) is 8. The Balaban J connectivity index is 1.77. The Hall–Kier alpha value is -4.18. The fourth-order valence-corrected chi connectivity index (χ4v) is 8.11. The van der Waals surface area contributed by atoms with Crippen LogP contribution >= 0.6 is 0 Å². The van der Waals surface area contributed by atoms with Crippen molar-refractivity contribution in [2.24, 2.45) is 10.8 Å². The number of hydrogen-bond donors (Lipinski definition) is 1. The Bertz CT molecular complexity index is 1750. The average Bonchev–Trinajstić information content (AvgIpc) is 2.96. The smallest absolute Gasteiger partial charge is 0.339 e. The molecule has 0 aromatic heterocycles. The minimum absolute atomic E-state index is 0.0137. The normalized spacial score (nSPS) is 19.3.